The number of quaternary nitrogens is 1. The molecule has 3 nitrogen and oxygen atoms in total. The van der Waals surface area contributed by atoms with Crippen LogP contribution in [0.5, 0.6) is 0 Å². The maximum Gasteiger partial charge on any atom is 0.256 e. The molecule has 2 aromatic carbocycles. The number of carbonyl (C=O) groups excluding carboxylic acids is 1. The Labute approximate surface area is 194 Å². The van der Waals surface area contributed by atoms with Gasteiger partial charge in [-0.1, -0.05) is 55.8 Å². The molecule has 3 aromatic rings. The summed E-state index contributed by atoms with van der Waals surface area (Å²) in [5.41, 5.74) is 3.16. The normalized spacial score (nSPS) is 19.7. The lowest BCUT2D eigenvalue weighted by molar-refractivity contribution is -0.931. The summed E-state index contributed by atoms with van der Waals surface area (Å²) >= 11 is 7.90. The molecule has 4 rings (SSSR count). The predicted octanol–water partition coefficient (Wildman–Crippen LogP) is 5.62. The molecule has 0 bridgehead atoms. The lowest BCUT2D eigenvalue weighted by Gasteiger charge is -2.34. The number of aryl methyl sites for hydroxylation is 1. The Morgan fingerprint density at radius 3 is 2.45 bits per heavy atom. The Kier molecular flexibility index (Phi) is 7.11. The second kappa shape index (κ2) is 9.99. The minimum atomic E-state index is -0.0523. The molecule has 1 atom stereocenters. The van der Waals surface area contributed by atoms with Crippen molar-refractivity contribution in [1.29, 1.82) is 0 Å². The number of anilines is 1. The van der Waals surface area contributed by atoms with Gasteiger partial charge in [0.1, 0.15) is 11.0 Å². The number of benzene rings is 2. The molecular weight excluding hydrogens is 424 g/mol. The molecule has 0 saturated carbocycles. The van der Waals surface area contributed by atoms with Crippen LogP contribution in [0, 0.1) is 5.92 Å². The molecule has 0 aliphatic carbocycles. The average Bonchev–Trinajstić information content (AvgIpc) is 3.19. The average molecular weight is 454 g/mol. The van der Waals surface area contributed by atoms with Crippen LogP contribution in [0.15, 0.2) is 60.7 Å². The van der Waals surface area contributed by atoms with Crippen molar-refractivity contribution in [3.05, 3.63) is 87.3 Å². The molecule has 0 radical (unpaired) electrons. The van der Waals surface area contributed by atoms with Crippen LogP contribution in [0.3, 0.4) is 0 Å². The Morgan fingerprint density at radius 2 is 1.81 bits per heavy atom. The van der Waals surface area contributed by atoms with Gasteiger partial charge in [0.15, 0.2) is 0 Å². The van der Waals surface area contributed by atoms with Crippen molar-refractivity contribution >= 4 is 33.8 Å². The number of hydrogen-bond acceptors (Lipinski definition) is 2. The van der Waals surface area contributed by atoms with Gasteiger partial charge in [-0.15, -0.1) is 11.3 Å². The highest BCUT2D eigenvalue weighted by molar-refractivity contribution is 7.16. The van der Waals surface area contributed by atoms with Crippen LogP contribution in [-0.2, 0) is 6.42 Å². The van der Waals surface area contributed by atoms with Crippen molar-refractivity contribution in [3.63, 3.8) is 0 Å². The zero-order valence-corrected chi connectivity index (χ0v) is 19.7. The fraction of sp³-hybridized carbons (Fsp3) is 0.346. The highest BCUT2D eigenvalue weighted by Crippen LogP contribution is 2.36. The highest BCUT2D eigenvalue weighted by Gasteiger charge is 2.33. The molecule has 0 spiro atoms. The standard InChI is InChI=1S/C26H29ClN2OS/c1-3-22-17-23(26(31-22)28-25(30)20-7-5-4-6-8-20)24(19-9-11-21(27)12-10-19)29-15-13-18(2)14-16-29/h4-12,17-18,24H,3,13-16H2,1-2H3,(H,28,30)/p+1/t24-/m0/s1. The molecule has 1 aromatic heterocycles. The third-order valence-electron chi connectivity index (χ3n) is 6.26. The molecule has 1 amide bonds. The van der Waals surface area contributed by atoms with E-state index < -0.39 is 0 Å². The van der Waals surface area contributed by atoms with Gasteiger partial charge < -0.3 is 10.2 Å². The van der Waals surface area contributed by atoms with Crippen LogP contribution in [-0.4, -0.2) is 19.0 Å². The van der Waals surface area contributed by atoms with Gasteiger partial charge in [-0.2, -0.15) is 0 Å². The zero-order chi connectivity index (χ0) is 21.8. The minimum absolute atomic E-state index is 0.0523. The highest BCUT2D eigenvalue weighted by atomic mass is 35.5. The van der Waals surface area contributed by atoms with E-state index in [1.165, 1.54) is 28.8 Å². The van der Waals surface area contributed by atoms with E-state index in [-0.39, 0.29) is 11.9 Å². The number of halogens is 1. The SMILES string of the molecule is CCc1cc([C@H](c2ccc(Cl)cc2)[NH+]2CCC(C)CC2)c(NC(=O)c2ccccc2)s1. The Morgan fingerprint density at radius 1 is 1.13 bits per heavy atom. The minimum Gasteiger partial charge on any atom is -0.325 e. The fourth-order valence-electron chi connectivity index (χ4n) is 4.42. The number of nitrogens with one attached hydrogen (secondary N) is 2. The molecule has 162 valence electrons. The first-order chi connectivity index (χ1) is 15.0. The van der Waals surface area contributed by atoms with E-state index >= 15 is 0 Å². The van der Waals surface area contributed by atoms with E-state index in [2.05, 4.69) is 37.4 Å². The molecule has 1 saturated heterocycles. The monoisotopic (exact) mass is 453 g/mol. The number of hydrogen-bond donors (Lipinski definition) is 2. The maximum absolute atomic E-state index is 13.0. The quantitative estimate of drug-likeness (QED) is 0.499. The second-order valence-corrected chi connectivity index (χ2v) is 10.1. The molecule has 1 aliphatic heterocycles. The second-order valence-electron chi connectivity index (χ2n) is 8.50. The van der Waals surface area contributed by atoms with Gasteiger partial charge in [0.05, 0.1) is 13.1 Å². The number of amides is 1. The van der Waals surface area contributed by atoms with Crippen molar-refractivity contribution in [2.24, 2.45) is 5.92 Å². The maximum atomic E-state index is 13.0. The third-order valence-corrected chi connectivity index (χ3v) is 7.73. The smallest absolute Gasteiger partial charge is 0.256 e. The van der Waals surface area contributed by atoms with Gasteiger partial charge in [0.2, 0.25) is 0 Å². The molecule has 2 N–H and O–H groups in total. The van der Waals surface area contributed by atoms with Crippen LogP contribution in [0.1, 0.15) is 59.1 Å². The summed E-state index contributed by atoms with van der Waals surface area (Å²) in [5, 5.41) is 4.95. The Balaban J connectivity index is 1.72. The van der Waals surface area contributed by atoms with E-state index in [0.717, 1.165) is 35.5 Å². The van der Waals surface area contributed by atoms with Gasteiger partial charge in [-0.05, 0) is 55.5 Å². The molecular formula is C26H30ClN2OS+. The molecule has 5 heteroatoms. The Bertz CT molecular complexity index is 1010. The van der Waals surface area contributed by atoms with Crippen LogP contribution < -0.4 is 10.2 Å². The van der Waals surface area contributed by atoms with Gasteiger partial charge in [0, 0.05) is 26.6 Å². The first-order valence-corrected chi connectivity index (χ1v) is 12.3. The lowest BCUT2D eigenvalue weighted by Crippen LogP contribution is -3.13. The number of carbonyl (C=O) groups is 1. The van der Waals surface area contributed by atoms with Crippen molar-refractivity contribution in [2.45, 2.75) is 39.2 Å². The predicted molar refractivity (Wildman–Crippen MR) is 130 cm³/mol. The summed E-state index contributed by atoms with van der Waals surface area (Å²) in [7, 11) is 0. The molecule has 1 fully saturated rings. The van der Waals surface area contributed by atoms with Crippen LogP contribution >= 0.6 is 22.9 Å². The third kappa shape index (κ3) is 5.20. The first kappa shape index (κ1) is 22.1. The Hall–Kier alpha value is -2.14. The summed E-state index contributed by atoms with van der Waals surface area (Å²) in [6.07, 6.45) is 3.42. The van der Waals surface area contributed by atoms with E-state index in [1.807, 2.05) is 42.5 Å². The van der Waals surface area contributed by atoms with Crippen LogP contribution in [0.25, 0.3) is 0 Å². The summed E-state index contributed by atoms with van der Waals surface area (Å²) in [6, 6.07) is 20.2. The number of rotatable bonds is 6. The van der Waals surface area contributed by atoms with E-state index in [9.17, 15) is 4.79 Å². The zero-order valence-electron chi connectivity index (χ0n) is 18.2. The molecule has 1 aliphatic rings. The molecule has 2 heterocycles. The molecule has 0 unspecified atom stereocenters. The van der Waals surface area contributed by atoms with Gasteiger partial charge in [-0.25, -0.2) is 0 Å². The number of piperidine rings is 1. The van der Waals surface area contributed by atoms with Crippen molar-refractivity contribution in [3.8, 4) is 0 Å². The van der Waals surface area contributed by atoms with Gasteiger partial charge in [0.25, 0.3) is 5.91 Å². The lowest BCUT2D eigenvalue weighted by atomic mass is 9.92. The van der Waals surface area contributed by atoms with Gasteiger partial charge >= 0.3 is 0 Å². The van der Waals surface area contributed by atoms with E-state index in [0.29, 0.717) is 5.56 Å². The van der Waals surface area contributed by atoms with E-state index in [4.69, 9.17) is 11.6 Å². The van der Waals surface area contributed by atoms with Crippen LogP contribution in [0.2, 0.25) is 5.02 Å². The number of thiophene rings is 1. The topological polar surface area (TPSA) is 33.5 Å². The largest absolute Gasteiger partial charge is 0.325 e. The summed E-state index contributed by atoms with van der Waals surface area (Å²) < 4.78 is 0. The molecule has 31 heavy (non-hydrogen) atoms. The van der Waals surface area contributed by atoms with Crippen molar-refractivity contribution in [1.82, 2.24) is 0 Å². The van der Waals surface area contributed by atoms with Crippen molar-refractivity contribution in [2.75, 3.05) is 18.4 Å². The summed E-state index contributed by atoms with van der Waals surface area (Å²) in [6.45, 7) is 6.79. The fourth-order valence-corrected chi connectivity index (χ4v) is 5.58. The van der Waals surface area contributed by atoms with Crippen LogP contribution in [0.4, 0.5) is 5.00 Å². The first-order valence-electron chi connectivity index (χ1n) is 11.1. The summed E-state index contributed by atoms with van der Waals surface area (Å²) in [5.74, 6) is 0.726. The van der Waals surface area contributed by atoms with Crippen molar-refractivity contribution < 1.29 is 9.69 Å². The summed E-state index contributed by atoms with van der Waals surface area (Å²) in [4.78, 5) is 15.8. The number of likely N-dealkylation sites (tertiary alicyclic amines) is 1. The van der Waals surface area contributed by atoms with E-state index in [1.54, 1.807) is 16.2 Å². The van der Waals surface area contributed by atoms with Gasteiger partial charge in [-0.3, -0.25) is 4.79 Å².